The second-order valence-corrected chi connectivity index (χ2v) is 5.78. The van der Waals surface area contributed by atoms with Crippen LogP contribution in [0.25, 0.3) is 0 Å². The predicted octanol–water partition coefficient (Wildman–Crippen LogP) is 1.14. The molecule has 23 heavy (non-hydrogen) atoms. The average molecular weight is 316 g/mol. The highest BCUT2D eigenvalue weighted by atomic mass is 16.5. The van der Waals surface area contributed by atoms with E-state index in [2.05, 4.69) is 11.9 Å². The molecule has 1 aromatic rings. The van der Waals surface area contributed by atoms with E-state index in [-0.39, 0.29) is 12.2 Å². The molecule has 1 unspecified atom stereocenters. The van der Waals surface area contributed by atoms with Gasteiger partial charge in [-0.2, -0.15) is 0 Å². The van der Waals surface area contributed by atoms with Gasteiger partial charge in [0.25, 0.3) is 5.56 Å². The minimum atomic E-state index is -1.33. The van der Waals surface area contributed by atoms with E-state index >= 15 is 0 Å². The van der Waals surface area contributed by atoms with Crippen molar-refractivity contribution in [2.75, 3.05) is 13.7 Å². The molecule has 0 bridgehead atoms. The van der Waals surface area contributed by atoms with Crippen LogP contribution in [0.1, 0.15) is 42.7 Å². The summed E-state index contributed by atoms with van der Waals surface area (Å²) < 4.78 is 6.75. The van der Waals surface area contributed by atoms with Crippen LogP contribution in [-0.4, -0.2) is 35.3 Å². The van der Waals surface area contributed by atoms with E-state index < -0.39 is 6.10 Å². The Hall–Kier alpha value is -2.05. The minimum Gasteiger partial charge on any atom is -0.381 e. The van der Waals surface area contributed by atoms with E-state index in [1.54, 1.807) is 10.6 Å². The highest BCUT2D eigenvalue weighted by molar-refractivity contribution is 6.14. The number of dihydropyridines is 1. The van der Waals surface area contributed by atoms with Crippen molar-refractivity contribution in [3.8, 4) is 0 Å². The molecule has 2 aliphatic rings. The van der Waals surface area contributed by atoms with Gasteiger partial charge in [-0.3, -0.25) is 9.79 Å². The molecule has 2 aliphatic heterocycles. The van der Waals surface area contributed by atoms with Crippen molar-refractivity contribution >= 4 is 12.0 Å². The summed E-state index contributed by atoms with van der Waals surface area (Å²) in [6.07, 6.45) is 0.955. The van der Waals surface area contributed by atoms with E-state index in [0.29, 0.717) is 36.2 Å². The lowest BCUT2D eigenvalue weighted by Gasteiger charge is -2.15. The van der Waals surface area contributed by atoms with Crippen LogP contribution in [0.2, 0.25) is 0 Å². The average Bonchev–Trinajstić information content (AvgIpc) is 2.95. The van der Waals surface area contributed by atoms with E-state index in [1.807, 2.05) is 0 Å². The van der Waals surface area contributed by atoms with Gasteiger partial charge in [-0.15, -0.1) is 0 Å². The molecule has 0 amide bonds. The molecule has 6 nitrogen and oxygen atoms in total. The van der Waals surface area contributed by atoms with Crippen molar-refractivity contribution in [2.24, 2.45) is 4.99 Å². The lowest BCUT2D eigenvalue weighted by atomic mass is 9.96. The number of carbonyl (C=O) groups excluding carboxylic acids is 1. The highest BCUT2D eigenvalue weighted by Gasteiger charge is 2.31. The Morgan fingerprint density at radius 2 is 2.30 bits per heavy atom. The molecular formula is C17H20N2O4. The third-order valence-electron chi connectivity index (χ3n) is 4.55. The number of aldehydes is 1. The number of allylic oxidation sites excluding steroid dienone is 1. The van der Waals surface area contributed by atoms with Crippen LogP contribution in [0, 0.1) is 0 Å². The van der Waals surface area contributed by atoms with Gasteiger partial charge < -0.3 is 19.2 Å². The number of ether oxygens (including phenoxy) is 1. The summed E-state index contributed by atoms with van der Waals surface area (Å²) in [6.45, 7) is 3.38. The molecule has 1 aromatic heterocycles. The van der Waals surface area contributed by atoms with Crippen LogP contribution >= 0.6 is 0 Å². The summed E-state index contributed by atoms with van der Waals surface area (Å²) in [5, 5.41) is 9.96. The zero-order valence-electron chi connectivity index (χ0n) is 13.3. The van der Waals surface area contributed by atoms with Gasteiger partial charge in [0, 0.05) is 24.8 Å². The molecule has 0 saturated carbocycles. The lowest BCUT2D eigenvalue weighted by Crippen LogP contribution is -2.27. The molecule has 3 heterocycles. The number of rotatable bonds is 5. The Kier molecular flexibility index (Phi) is 4.28. The number of carbonyl (C=O) groups is 1. The molecule has 122 valence electrons. The van der Waals surface area contributed by atoms with Crippen LogP contribution in [0.3, 0.4) is 0 Å². The van der Waals surface area contributed by atoms with Crippen LogP contribution < -0.4 is 5.56 Å². The molecular weight excluding hydrogens is 296 g/mol. The molecule has 0 fully saturated rings. The zero-order chi connectivity index (χ0) is 16.6. The summed E-state index contributed by atoms with van der Waals surface area (Å²) in [5.74, 6) is 0. The maximum atomic E-state index is 12.8. The van der Waals surface area contributed by atoms with Gasteiger partial charge in [-0.1, -0.05) is 12.5 Å². The number of aliphatic hydroxyl groups is 1. The maximum Gasteiger partial charge on any atom is 0.257 e. The standard InChI is InChI=1S/C17H20N2O4/c1-3-10-4-5-18-16-12(10)7-19-14(16)6-11(15(21)8-20)13(9-23-2)17(19)22/h6,8,15,21H,3-5,7,9H2,1-2H3. The molecule has 6 heteroatoms. The van der Waals surface area contributed by atoms with Crippen molar-refractivity contribution in [2.45, 2.75) is 39.0 Å². The molecule has 0 aliphatic carbocycles. The molecule has 0 radical (unpaired) electrons. The number of nitrogens with zero attached hydrogens (tertiary/aromatic N) is 2. The van der Waals surface area contributed by atoms with E-state index in [0.717, 1.165) is 24.1 Å². The zero-order valence-corrected chi connectivity index (χ0v) is 13.3. The molecule has 3 rings (SSSR count). The Labute approximate surface area is 134 Å². The quantitative estimate of drug-likeness (QED) is 0.826. The van der Waals surface area contributed by atoms with Crippen molar-refractivity contribution in [3.05, 3.63) is 44.4 Å². The highest BCUT2D eigenvalue weighted by Crippen LogP contribution is 2.30. The number of methoxy groups -OCH3 is 1. The fourth-order valence-corrected chi connectivity index (χ4v) is 3.37. The lowest BCUT2D eigenvalue weighted by molar-refractivity contribution is -0.115. The SMILES string of the molecule is CCC1=C2Cn3c(cc(C(O)C=O)c(COC)c3=O)C2=NCC1. The van der Waals surface area contributed by atoms with E-state index in [9.17, 15) is 14.7 Å². The third kappa shape index (κ3) is 2.48. The van der Waals surface area contributed by atoms with Gasteiger partial charge in [0.15, 0.2) is 6.29 Å². The van der Waals surface area contributed by atoms with Crippen LogP contribution in [0.5, 0.6) is 0 Å². The third-order valence-corrected chi connectivity index (χ3v) is 4.55. The fraction of sp³-hybridized carbons (Fsp3) is 0.471. The van der Waals surface area contributed by atoms with Gasteiger partial charge in [-0.05, 0) is 24.5 Å². The van der Waals surface area contributed by atoms with Crippen LogP contribution in [-0.2, 0) is 22.7 Å². The Morgan fingerprint density at radius 1 is 1.52 bits per heavy atom. The second-order valence-electron chi connectivity index (χ2n) is 5.78. The summed E-state index contributed by atoms with van der Waals surface area (Å²) in [6, 6.07) is 1.71. The number of hydrogen-bond acceptors (Lipinski definition) is 5. The Morgan fingerprint density at radius 3 is 2.96 bits per heavy atom. The number of aliphatic hydroxyl groups excluding tert-OH is 1. The van der Waals surface area contributed by atoms with Crippen LogP contribution in [0.15, 0.2) is 27.0 Å². The minimum absolute atomic E-state index is 0.0610. The van der Waals surface area contributed by atoms with Gasteiger partial charge in [0.05, 0.1) is 24.6 Å². The molecule has 0 saturated heterocycles. The maximum absolute atomic E-state index is 12.8. The first-order chi connectivity index (χ1) is 11.1. The summed E-state index contributed by atoms with van der Waals surface area (Å²) in [4.78, 5) is 28.4. The van der Waals surface area contributed by atoms with Gasteiger partial charge in [0.1, 0.15) is 6.10 Å². The number of fused-ring (bicyclic) bond motifs is 3. The fourth-order valence-electron chi connectivity index (χ4n) is 3.37. The van der Waals surface area contributed by atoms with Crippen LogP contribution in [0.4, 0.5) is 0 Å². The summed E-state index contributed by atoms with van der Waals surface area (Å²) >= 11 is 0. The molecule has 0 aromatic carbocycles. The predicted molar refractivity (Wildman–Crippen MR) is 85.8 cm³/mol. The van der Waals surface area contributed by atoms with Gasteiger partial charge in [-0.25, -0.2) is 0 Å². The largest absolute Gasteiger partial charge is 0.381 e. The number of aromatic nitrogens is 1. The van der Waals surface area contributed by atoms with Crippen molar-refractivity contribution in [1.82, 2.24) is 4.57 Å². The Balaban J connectivity index is 2.24. The summed E-state index contributed by atoms with van der Waals surface area (Å²) in [7, 11) is 1.48. The van der Waals surface area contributed by atoms with Crippen molar-refractivity contribution in [1.29, 1.82) is 0 Å². The summed E-state index contributed by atoms with van der Waals surface area (Å²) in [5.41, 5.74) is 4.36. The first kappa shape index (κ1) is 15.8. The Bertz CT molecular complexity index is 774. The number of hydrogen-bond donors (Lipinski definition) is 1. The normalized spacial score (nSPS) is 17.6. The second kappa shape index (κ2) is 6.22. The number of pyridine rings is 1. The molecule has 1 atom stereocenters. The van der Waals surface area contributed by atoms with Crippen molar-refractivity contribution < 1.29 is 14.6 Å². The van der Waals surface area contributed by atoms with E-state index in [1.165, 1.54) is 12.7 Å². The molecule has 0 spiro atoms. The van der Waals surface area contributed by atoms with Gasteiger partial charge >= 0.3 is 0 Å². The van der Waals surface area contributed by atoms with E-state index in [4.69, 9.17) is 4.74 Å². The first-order valence-electron chi connectivity index (χ1n) is 7.77. The van der Waals surface area contributed by atoms with Crippen molar-refractivity contribution in [3.63, 3.8) is 0 Å². The molecule has 1 N–H and O–H groups in total. The monoisotopic (exact) mass is 316 g/mol. The number of aliphatic imine (C=N–C) groups is 1. The first-order valence-corrected chi connectivity index (χ1v) is 7.77. The topological polar surface area (TPSA) is 80.9 Å². The van der Waals surface area contributed by atoms with Gasteiger partial charge in [0.2, 0.25) is 0 Å². The smallest absolute Gasteiger partial charge is 0.257 e.